The van der Waals surface area contributed by atoms with Crippen molar-refractivity contribution in [2.24, 2.45) is 0 Å². The standard InChI is InChI=1S/C22H29N3O/c1-25(2)21-11-5-17(6-12-21)13-15-24-22(26)19-9-7-18(8-10-19)20-4-3-14-23-16-20/h5-12,20,23H,3-4,13-16H2,1-2H3,(H,24,26). The first-order valence-corrected chi connectivity index (χ1v) is 9.48. The number of carbonyl (C=O) groups excluding carboxylic acids is 1. The summed E-state index contributed by atoms with van der Waals surface area (Å²) < 4.78 is 0. The number of rotatable bonds is 6. The first kappa shape index (κ1) is 18.5. The van der Waals surface area contributed by atoms with E-state index in [1.165, 1.54) is 29.7 Å². The van der Waals surface area contributed by atoms with Crippen LogP contribution in [0.3, 0.4) is 0 Å². The van der Waals surface area contributed by atoms with Gasteiger partial charge in [0.05, 0.1) is 0 Å². The van der Waals surface area contributed by atoms with Gasteiger partial charge in [0.15, 0.2) is 0 Å². The average Bonchev–Trinajstić information content (AvgIpc) is 2.69. The molecule has 4 nitrogen and oxygen atoms in total. The first-order chi connectivity index (χ1) is 12.6. The van der Waals surface area contributed by atoms with Gasteiger partial charge >= 0.3 is 0 Å². The average molecular weight is 351 g/mol. The Morgan fingerprint density at radius 2 is 1.85 bits per heavy atom. The van der Waals surface area contributed by atoms with Crippen molar-refractivity contribution in [3.63, 3.8) is 0 Å². The van der Waals surface area contributed by atoms with Crippen molar-refractivity contribution in [2.75, 3.05) is 38.6 Å². The molecule has 1 fully saturated rings. The molecular formula is C22H29N3O. The molecule has 1 heterocycles. The number of anilines is 1. The van der Waals surface area contributed by atoms with Crippen LogP contribution in [-0.4, -0.2) is 39.6 Å². The highest BCUT2D eigenvalue weighted by molar-refractivity contribution is 5.94. The van der Waals surface area contributed by atoms with Crippen molar-refractivity contribution in [1.82, 2.24) is 10.6 Å². The molecule has 1 atom stereocenters. The number of hydrogen-bond acceptors (Lipinski definition) is 3. The van der Waals surface area contributed by atoms with E-state index in [2.05, 4.69) is 51.9 Å². The van der Waals surface area contributed by atoms with E-state index in [-0.39, 0.29) is 5.91 Å². The van der Waals surface area contributed by atoms with Crippen LogP contribution in [0.25, 0.3) is 0 Å². The second-order valence-corrected chi connectivity index (χ2v) is 7.23. The van der Waals surface area contributed by atoms with Gasteiger partial charge in [0.25, 0.3) is 5.91 Å². The van der Waals surface area contributed by atoms with Crippen LogP contribution in [0.5, 0.6) is 0 Å². The van der Waals surface area contributed by atoms with Crippen LogP contribution in [0, 0.1) is 0 Å². The van der Waals surface area contributed by atoms with Crippen LogP contribution in [0.1, 0.15) is 40.2 Å². The van der Waals surface area contributed by atoms with Crippen molar-refractivity contribution >= 4 is 11.6 Å². The summed E-state index contributed by atoms with van der Waals surface area (Å²) >= 11 is 0. The third-order valence-electron chi connectivity index (χ3n) is 5.09. The third kappa shape index (κ3) is 4.85. The van der Waals surface area contributed by atoms with Gasteiger partial charge in [-0.1, -0.05) is 24.3 Å². The molecule has 0 bridgehead atoms. The maximum atomic E-state index is 12.3. The number of amides is 1. The van der Waals surface area contributed by atoms with E-state index in [0.717, 1.165) is 25.1 Å². The normalized spacial score (nSPS) is 16.9. The van der Waals surface area contributed by atoms with E-state index in [9.17, 15) is 4.79 Å². The Bertz CT molecular complexity index is 701. The van der Waals surface area contributed by atoms with Gasteiger partial charge in [-0.15, -0.1) is 0 Å². The summed E-state index contributed by atoms with van der Waals surface area (Å²) in [4.78, 5) is 14.4. The molecule has 26 heavy (non-hydrogen) atoms. The number of nitrogens with one attached hydrogen (secondary N) is 2. The van der Waals surface area contributed by atoms with Gasteiger partial charge in [0.1, 0.15) is 0 Å². The lowest BCUT2D eigenvalue weighted by molar-refractivity contribution is 0.0954. The Balaban J connectivity index is 1.48. The van der Waals surface area contributed by atoms with E-state index in [1.54, 1.807) is 0 Å². The van der Waals surface area contributed by atoms with Gasteiger partial charge in [-0.05, 0) is 67.1 Å². The SMILES string of the molecule is CN(C)c1ccc(CCNC(=O)c2ccc(C3CCCNC3)cc2)cc1. The minimum atomic E-state index is 0.00299. The summed E-state index contributed by atoms with van der Waals surface area (Å²) in [5, 5.41) is 6.46. The first-order valence-electron chi connectivity index (χ1n) is 9.48. The maximum Gasteiger partial charge on any atom is 0.251 e. The topological polar surface area (TPSA) is 44.4 Å². The van der Waals surface area contributed by atoms with Crippen molar-refractivity contribution in [2.45, 2.75) is 25.2 Å². The quantitative estimate of drug-likeness (QED) is 0.840. The lowest BCUT2D eigenvalue weighted by Gasteiger charge is -2.23. The molecule has 4 heteroatoms. The summed E-state index contributed by atoms with van der Waals surface area (Å²) in [6.07, 6.45) is 3.29. The van der Waals surface area contributed by atoms with E-state index >= 15 is 0 Å². The number of piperidine rings is 1. The smallest absolute Gasteiger partial charge is 0.251 e. The summed E-state index contributed by atoms with van der Waals surface area (Å²) in [6, 6.07) is 16.6. The van der Waals surface area contributed by atoms with Crippen LogP contribution in [0.2, 0.25) is 0 Å². The molecule has 3 rings (SSSR count). The molecule has 138 valence electrons. The molecule has 1 aliphatic heterocycles. The molecule has 2 aromatic rings. The predicted molar refractivity (Wildman–Crippen MR) is 108 cm³/mol. The summed E-state index contributed by atoms with van der Waals surface area (Å²) in [6.45, 7) is 2.81. The Kier molecular flexibility index (Phi) is 6.29. The highest BCUT2D eigenvalue weighted by Gasteiger charge is 2.15. The van der Waals surface area contributed by atoms with Crippen LogP contribution < -0.4 is 15.5 Å². The van der Waals surface area contributed by atoms with Gasteiger partial charge in [-0.25, -0.2) is 0 Å². The highest BCUT2D eigenvalue weighted by atomic mass is 16.1. The Labute approximate surface area is 156 Å². The molecule has 0 spiro atoms. The summed E-state index contributed by atoms with van der Waals surface area (Å²) in [5.74, 6) is 0.578. The predicted octanol–water partition coefficient (Wildman–Crippen LogP) is 3.19. The number of nitrogens with zero attached hydrogens (tertiary/aromatic N) is 1. The monoisotopic (exact) mass is 351 g/mol. The third-order valence-corrected chi connectivity index (χ3v) is 5.09. The van der Waals surface area contributed by atoms with Crippen LogP contribution in [0.4, 0.5) is 5.69 Å². The van der Waals surface area contributed by atoms with E-state index < -0.39 is 0 Å². The molecule has 0 aromatic heterocycles. The molecule has 1 saturated heterocycles. The van der Waals surface area contributed by atoms with Crippen LogP contribution in [-0.2, 0) is 6.42 Å². The van der Waals surface area contributed by atoms with Gasteiger partial charge in [-0.3, -0.25) is 4.79 Å². The molecule has 0 radical (unpaired) electrons. The Morgan fingerprint density at radius 1 is 1.12 bits per heavy atom. The van der Waals surface area contributed by atoms with Crippen LogP contribution in [0.15, 0.2) is 48.5 Å². The zero-order valence-corrected chi connectivity index (χ0v) is 15.8. The fraction of sp³-hybridized carbons (Fsp3) is 0.409. The minimum Gasteiger partial charge on any atom is -0.378 e. The molecule has 0 aliphatic carbocycles. The largest absolute Gasteiger partial charge is 0.378 e. The zero-order chi connectivity index (χ0) is 18.4. The van der Waals surface area contributed by atoms with Crippen molar-refractivity contribution in [3.8, 4) is 0 Å². The van der Waals surface area contributed by atoms with Gasteiger partial charge < -0.3 is 15.5 Å². The lowest BCUT2D eigenvalue weighted by atomic mass is 9.91. The molecule has 2 N–H and O–H groups in total. The Morgan fingerprint density at radius 3 is 2.46 bits per heavy atom. The van der Waals surface area contributed by atoms with E-state index in [1.807, 2.05) is 26.2 Å². The van der Waals surface area contributed by atoms with Crippen molar-refractivity contribution < 1.29 is 4.79 Å². The van der Waals surface area contributed by atoms with Crippen molar-refractivity contribution in [1.29, 1.82) is 0 Å². The molecule has 0 saturated carbocycles. The fourth-order valence-electron chi connectivity index (χ4n) is 3.43. The second kappa shape index (κ2) is 8.86. The van der Waals surface area contributed by atoms with Gasteiger partial charge in [0.2, 0.25) is 0 Å². The second-order valence-electron chi connectivity index (χ2n) is 7.23. The van der Waals surface area contributed by atoms with Gasteiger partial charge in [0, 0.05) is 38.4 Å². The minimum absolute atomic E-state index is 0.00299. The van der Waals surface area contributed by atoms with Crippen LogP contribution >= 0.6 is 0 Å². The molecular weight excluding hydrogens is 322 g/mol. The maximum absolute atomic E-state index is 12.3. The summed E-state index contributed by atoms with van der Waals surface area (Å²) in [7, 11) is 4.07. The van der Waals surface area contributed by atoms with E-state index in [4.69, 9.17) is 0 Å². The molecule has 1 amide bonds. The van der Waals surface area contributed by atoms with Gasteiger partial charge in [-0.2, -0.15) is 0 Å². The Hall–Kier alpha value is -2.33. The fourth-order valence-corrected chi connectivity index (χ4v) is 3.43. The number of carbonyl (C=O) groups is 1. The lowest BCUT2D eigenvalue weighted by Crippen LogP contribution is -2.28. The van der Waals surface area contributed by atoms with Crippen molar-refractivity contribution in [3.05, 3.63) is 65.2 Å². The van der Waals surface area contributed by atoms with E-state index in [0.29, 0.717) is 12.5 Å². The molecule has 2 aromatic carbocycles. The number of hydrogen-bond donors (Lipinski definition) is 2. The highest BCUT2D eigenvalue weighted by Crippen LogP contribution is 2.23. The molecule has 1 aliphatic rings. The number of benzene rings is 2. The zero-order valence-electron chi connectivity index (χ0n) is 15.8. The molecule has 1 unspecified atom stereocenters. The summed E-state index contributed by atoms with van der Waals surface area (Å²) in [5.41, 5.74) is 4.48.